The van der Waals surface area contributed by atoms with Crippen LogP contribution in [0.5, 0.6) is 11.5 Å². The van der Waals surface area contributed by atoms with Crippen LogP contribution in [0.25, 0.3) is 0 Å². The van der Waals surface area contributed by atoms with Crippen molar-refractivity contribution in [1.29, 1.82) is 0 Å². The second kappa shape index (κ2) is 11.9. The lowest BCUT2D eigenvalue weighted by atomic mass is 10.2. The van der Waals surface area contributed by atoms with Crippen molar-refractivity contribution < 1.29 is 31.1 Å². The third-order valence-corrected chi connectivity index (χ3v) is 9.93. The Kier molecular flexibility index (Phi) is 8.65. The highest BCUT2D eigenvalue weighted by Crippen LogP contribution is 2.27. The lowest BCUT2D eigenvalue weighted by Crippen LogP contribution is -2.60. The van der Waals surface area contributed by atoms with Crippen LogP contribution in [0, 0.1) is 0 Å². The number of hydrogen-bond donors (Lipinski definition) is 1. The first-order valence-corrected chi connectivity index (χ1v) is 14.7. The number of ether oxygens (including phenoxy) is 2. The molecule has 39 heavy (non-hydrogen) atoms. The summed E-state index contributed by atoms with van der Waals surface area (Å²) in [7, 11) is -5.09. The summed E-state index contributed by atoms with van der Waals surface area (Å²) in [6, 6.07) is 19.1. The molecule has 1 N–H and O–H groups in total. The van der Waals surface area contributed by atoms with Crippen molar-refractivity contribution in [2.45, 2.75) is 15.8 Å². The summed E-state index contributed by atoms with van der Waals surface area (Å²) >= 11 is 0. The van der Waals surface area contributed by atoms with Gasteiger partial charge in [-0.3, -0.25) is 4.79 Å². The van der Waals surface area contributed by atoms with Gasteiger partial charge < -0.3 is 9.47 Å². The second-order valence-electron chi connectivity index (χ2n) is 8.47. The van der Waals surface area contributed by atoms with E-state index >= 15 is 0 Å². The standard InChI is InChI=1S/C26H28N4O7S2/c1-36-24-14-13-20(17-25(24)37-2)18-27-28-26(31)23-19-29(38(32,33)21-9-5-3-6-10-21)15-16-30(23)39(34,35)22-11-7-4-8-12-22/h3-14,17-18,23H,15-16,19H2,1-2H3,(H,28,31)/b27-18-/t23-/m0/s1. The van der Waals surface area contributed by atoms with Crippen LogP contribution in [-0.4, -0.2) is 77.5 Å². The summed E-state index contributed by atoms with van der Waals surface area (Å²) < 4.78 is 66.1. The van der Waals surface area contributed by atoms with E-state index in [-0.39, 0.29) is 29.4 Å². The molecular formula is C26H28N4O7S2. The van der Waals surface area contributed by atoms with Gasteiger partial charge in [-0.15, -0.1) is 0 Å². The molecule has 0 spiro atoms. The summed E-state index contributed by atoms with van der Waals surface area (Å²) in [5.74, 6) is 0.198. The molecule has 4 rings (SSSR count). The topological polar surface area (TPSA) is 135 Å². The van der Waals surface area contributed by atoms with Crippen molar-refractivity contribution in [2.24, 2.45) is 5.10 Å². The molecule has 13 heteroatoms. The van der Waals surface area contributed by atoms with Crippen molar-refractivity contribution in [3.63, 3.8) is 0 Å². The van der Waals surface area contributed by atoms with E-state index in [1.807, 2.05) is 0 Å². The number of sulfonamides is 2. The Morgan fingerprint density at radius 2 is 1.44 bits per heavy atom. The summed E-state index contributed by atoms with van der Waals surface area (Å²) in [4.78, 5) is 13.4. The molecule has 1 heterocycles. The number of amides is 1. The fraction of sp³-hybridized carbons (Fsp3) is 0.231. The Bertz CT molecular complexity index is 1550. The van der Waals surface area contributed by atoms with Gasteiger partial charge in [0.1, 0.15) is 6.04 Å². The smallest absolute Gasteiger partial charge is 0.259 e. The van der Waals surface area contributed by atoms with Gasteiger partial charge in [-0.05, 0) is 48.0 Å². The average Bonchev–Trinajstić information content (AvgIpc) is 2.97. The first-order chi connectivity index (χ1) is 18.7. The number of piperazine rings is 1. The van der Waals surface area contributed by atoms with E-state index in [2.05, 4.69) is 10.5 Å². The third-order valence-electron chi connectivity index (χ3n) is 6.12. The Labute approximate surface area is 227 Å². The molecule has 0 saturated carbocycles. The number of carbonyl (C=O) groups is 1. The maximum atomic E-state index is 13.5. The van der Waals surface area contributed by atoms with Crippen LogP contribution in [0.1, 0.15) is 5.56 Å². The Hall–Kier alpha value is -3.78. The van der Waals surface area contributed by atoms with Crippen molar-refractivity contribution in [2.75, 3.05) is 33.9 Å². The van der Waals surface area contributed by atoms with E-state index < -0.39 is 32.0 Å². The van der Waals surface area contributed by atoms with Crippen LogP contribution in [0.15, 0.2) is 93.8 Å². The SMILES string of the molecule is COc1ccc(/C=N\NC(=O)[C@@H]2CN(S(=O)(=O)c3ccccc3)CCN2S(=O)(=O)c2ccccc2)cc1OC. The molecule has 206 valence electrons. The highest BCUT2D eigenvalue weighted by Gasteiger charge is 2.43. The number of nitrogens with one attached hydrogen (secondary N) is 1. The number of methoxy groups -OCH3 is 2. The summed E-state index contributed by atoms with van der Waals surface area (Å²) in [6.45, 7) is -0.732. The number of nitrogens with zero attached hydrogens (tertiary/aromatic N) is 3. The van der Waals surface area contributed by atoms with E-state index in [0.717, 1.165) is 8.61 Å². The van der Waals surface area contributed by atoms with Gasteiger partial charge in [-0.2, -0.15) is 13.7 Å². The van der Waals surface area contributed by atoms with Gasteiger partial charge >= 0.3 is 0 Å². The average molecular weight is 573 g/mol. The number of carbonyl (C=O) groups excluding carboxylic acids is 1. The maximum absolute atomic E-state index is 13.5. The van der Waals surface area contributed by atoms with E-state index in [1.54, 1.807) is 54.6 Å². The first-order valence-electron chi connectivity index (χ1n) is 11.9. The van der Waals surface area contributed by atoms with Crippen LogP contribution in [0.2, 0.25) is 0 Å². The molecule has 1 atom stereocenters. The zero-order valence-corrected chi connectivity index (χ0v) is 22.9. The van der Waals surface area contributed by atoms with E-state index in [9.17, 15) is 21.6 Å². The minimum Gasteiger partial charge on any atom is -0.493 e. The maximum Gasteiger partial charge on any atom is 0.259 e. The molecule has 11 nitrogen and oxygen atoms in total. The lowest BCUT2D eigenvalue weighted by molar-refractivity contribution is -0.125. The Balaban J connectivity index is 1.61. The summed E-state index contributed by atoms with van der Waals surface area (Å²) in [6.07, 6.45) is 1.36. The molecular weight excluding hydrogens is 544 g/mol. The van der Waals surface area contributed by atoms with Crippen molar-refractivity contribution in [1.82, 2.24) is 14.0 Å². The van der Waals surface area contributed by atoms with Crippen LogP contribution < -0.4 is 14.9 Å². The van der Waals surface area contributed by atoms with E-state index in [1.165, 1.54) is 44.7 Å². The van der Waals surface area contributed by atoms with Crippen molar-refractivity contribution in [3.05, 3.63) is 84.4 Å². The monoisotopic (exact) mass is 572 g/mol. The summed E-state index contributed by atoms with van der Waals surface area (Å²) in [5.41, 5.74) is 2.95. The van der Waals surface area contributed by atoms with Gasteiger partial charge in [0.05, 0.1) is 30.2 Å². The minimum atomic E-state index is -4.11. The van der Waals surface area contributed by atoms with Crippen molar-refractivity contribution in [3.8, 4) is 11.5 Å². The van der Waals surface area contributed by atoms with Gasteiger partial charge in [-0.1, -0.05) is 36.4 Å². The van der Waals surface area contributed by atoms with Crippen LogP contribution >= 0.6 is 0 Å². The molecule has 1 aliphatic rings. The van der Waals surface area contributed by atoms with Crippen LogP contribution in [0.3, 0.4) is 0 Å². The minimum absolute atomic E-state index is 0.00371. The molecule has 0 unspecified atom stereocenters. The molecule has 0 bridgehead atoms. The fourth-order valence-corrected chi connectivity index (χ4v) is 7.16. The number of benzene rings is 3. The highest BCUT2D eigenvalue weighted by atomic mass is 32.2. The molecule has 0 radical (unpaired) electrons. The van der Waals surface area contributed by atoms with Gasteiger partial charge in [-0.25, -0.2) is 22.3 Å². The molecule has 0 aliphatic carbocycles. The van der Waals surface area contributed by atoms with E-state index in [0.29, 0.717) is 17.1 Å². The van der Waals surface area contributed by atoms with Crippen LogP contribution in [-0.2, 0) is 24.8 Å². The van der Waals surface area contributed by atoms with Crippen molar-refractivity contribution >= 4 is 32.2 Å². The molecule has 1 fully saturated rings. The predicted molar refractivity (Wildman–Crippen MR) is 145 cm³/mol. The third kappa shape index (κ3) is 6.11. The van der Waals surface area contributed by atoms with Crippen LogP contribution in [0.4, 0.5) is 0 Å². The largest absolute Gasteiger partial charge is 0.493 e. The quantitative estimate of drug-likeness (QED) is 0.306. The van der Waals surface area contributed by atoms with Gasteiger partial charge in [0.2, 0.25) is 20.0 Å². The fourth-order valence-electron chi connectivity index (χ4n) is 4.11. The van der Waals surface area contributed by atoms with E-state index in [4.69, 9.17) is 9.47 Å². The number of hydrogen-bond acceptors (Lipinski definition) is 8. The zero-order valence-electron chi connectivity index (χ0n) is 21.3. The predicted octanol–water partition coefficient (Wildman–Crippen LogP) is 1.92. The highest BCUT2D eigenvalue weighted by molar-refractivity contribution is 7.89. The first kappa shape index (κ1) is 28.2. The molecule has 1 saturated heterocycles. The molecule has 0 aromatic heterocycles. The lowest BCUT2D eigenvalue weighted by Gasteiger charge is -2.38. The Morgan fingerprint density at radius 3 is 2.03 bits per heavy atom. The van der Waals surface area contributed by atoms with Gasteiger partial charge in [0.25, 0.3) is 5.91 Å². The molecule has 3 aromatic carbocycles. The summed E-state index contributed by atoms with van der Waals surface area (Å²) in [5, 5.41) is 3.97. The Morgan fingerprint density at radius 1 is 0.846 bits per heavy atom. The normalized spacial score (nSPS) is 17.1. The second-order valence-corrected chi connectivity index (χ2v) is 12.3. The number of hydrazone groups is 1. The molecule has 1 amide bonds. The molecule has 3 aromatic rings. The number of rotatable bonds is 9. The molecule has 1 aliphatic heterocycles. The van der Waals surface area contributed by atoms with Gasteiger partial charge in [0, 0.05) is 19.6 Å². The zero-order chi connectivity index (χ0) is 28.0. The van der Waals surface area contributed by atoms with Gasteiger partial charge in [0.15, 0.2) is 11.5 Å².